The number of rotatable bonds is 3. The first-order valence-electron chi connectivity index (χ1n) is 6.33. The summed E-state index contributed by atoms with van der Waals surface area (Å²) in [5.74, 6) is 0. The fraction of sp³-hybridized carbons (Fsp3) is 0.0667. The number of carbonyl (C=O) groups is 1. The van der Waals surface area contributed by atoms with Gasteiger partial charge in [0.1, 0.15) is 0 Å². The van der Waals surface area contributed by atoms with E-state index in [2.05, 4.69) is 20.8 Å². The van der Waals surface area contributed by atoms with Crippen molar-refractivity contribution in [3.63, 3.8) is 0 Å². The monoisotopic (exact) mass is 266 g/mol. The third kappa shape index (κ3) is 2.61. The molecule has 20 heavy (non-hydrogen) atoms. The molecule has 0 atom stereocenters. The highest BCUT2D eigenvalue weighted by molar-refractivity contribution is 6.01. The van der Waals surface area contributed by atoms with Crippen molar-refractivity contribution in [1.82, 2.24) is 15.5 Å². The number of aromatic nitrogens is 2. The van der Waals surface area contributed by atoms with Gasteiger partial charge in [-0.25, -0.2) is 4.79 Å². The van der Waals surface area contributed by atoms with Gasteiger partial charge in [-0.15, -0.1) is 0 Å². The predicted octanol–water partition coefficient (Wildman–Crippen LogP) is 2.88. The Bertz CT molecular complexity index is 716. The van der Waals surface area contributed by atoms with Crippen molar-refractivity contribution in [1.29, 1.82) is 0 Å². The van der Waals surface area contributed by atoms with Gasteiger partial charge in [-0.3, -0.25) is 5.10 Å². The number of nitrogens with one attached hydrogen (secondary N) is 3. The number of hydrogen-bond donors (Lipinski definition) is 3. The molecule has 100 valence electrons. The lowest BCUT2D eigenvalue weighted by Crippen LogP contribution is -2.28. The van der Waals surface area contributed by atoms with Gasteiger partial charge >= 0.3 is 6.03 Å². The molecule has 5 heteroatoms. The maximum Gasteiger partial charge on any atom is 0.319 e. The Balaban J connectivity index is 1.71. The number of urea groups is 1. The van der Waals surface area contributed by atoms with Crippen molar-refractivity contribution in [3.8, 4) is 0 Å². The van der Waals surface area contributed by atoms with Crippen molar-refractivity contribution in [3.05, 3.63) is 60.4 Å². The Kier molecular flexibility index (Phi) is 3.33. The first-order chi connectivity index (χ1) is 9.83. The van der Waals surface area contributed by atoms with Crippen LogP contribution in [0.15, 0.2) is 54.9 Å². The van der Waals surface area contributed by atoms with Gasteiger partial charge in [0.05, 0.1) is 11.9 Å². The van der Waals surface area contributed by atoms with E-state index < -0.39 is 0 Å². The molecule has 5 nitrogen and oxygen atoms in total. The number of fused-ring (bicyclic) bond motifs is 1. The van der Waals surface area contributed by atoms with Crippen LogP contribution in [0.4, 0.5) is 10.5 Å². The van der Waals surface area contributed by atoms with Gasteiger partial charge in [0.2, 0.25) is 0 Å². The van der Waals surface area contributed by atoms with E-state index in [4.69, 9.17) is 0 Å². The average molecular weight is 266 g/mol. The third-order valence-electron chi connectivity index (χ3n) is 3.05. The highest BCUT2D eigenvalue weighted by Gasteiger charge is 2.05. The van der Waals surface area contributed by atoms with Crippen LogP contribution < -0.4 is 10.6 Å². The molecule has 0 aliphatic rings. The lowest BCUT2D eigenvalue weighted by molar-refractivity contribution is 0.252. The number of aromatic amines is 1. The van der Waals surface area contributed by atoms with E-state index in [0.29, 0.717) is 6.54 Å². The largest absolute Gasteiger partial charge is 0.334 e. The molecule has 0 fully saturated rings. The number of anilines is 1. The first-order valence-corrected chi connectivity index (χ1v) is 6.33. The zero-order valence-corrected chi connectivity index (χ0v) is 10.8. The molecule has 0 aliphatic carbocycles. The lowest BCUT2D eigenvalue weighted by Gasteiger charge is -2.09. The summed E-state index contributed by atoms with van der Waals surface area (Å²) in [6.45, 7) is 0.438. The number of carbonyl (C=O) groups excluding carboxylic acids is 1. The summed E-state index contributed by atoms with van der Waals surface area (Å²) in [7, 11) is 0. The van der Waals surface area contributed by atoms with Crippen molar-refractivity contribution in [2.45, 2.75) is 6.54 Å². The molecule has 0 saturated carbocycles. The fourth-order valence-corrected chi connectivity index (χ4v) is 2.06. The lowest BCUT2D eigenvalue weighted by atomic mass is 10.1. The smallest absolute Gasteiger partial charge is 0.319 e. The predicted molar refractivity (Wildman–Crippen MR) is 78.4 cm³/mol. The van der Waals surface area contributed by atoms with Crippen LogP contribution in [0, 0.1) is 0 Å². The molecule has 3 aromatic rings. The highest BCUT2D eigenvalue weighted by atomic mass is 16.2. The van der Waals surface area contributed by atoms with Crippen molar-refractivity contribution in [2.75, 3.05) is 5.32 Å². The summed E-state index contributed by atoms with van der Waals surface area (Å²) in [6, 6.07) is 13.5. The van der Waals surface area contributed by atoms with Crippen LogP contribution in [-0.2, 0) is 6.54 Å². The summed E-state index contributed by atoms with van der Waals surface area (Å²) in [4.78, 5) is 11.9. The minimum absolute atomic E-state index is 0.234. The number of nitrogens with zero attached hydrogens (tertiary/aromatic N) is 1. The summed E-state index contributed by atoms with van der Waals surface area (Å²) in [6.07, 6.45) is 3.43. The Hall–Kier alpha value is -2.82. The van der Waals surface area contributed by atoms with Gasteiger partial charge in [-0.05, 0) is 11.5 Å². The standard InChI is InChI=1S/C15H14N4O/c20-15(16-8-11-9-17-18-10-11)19-14-7-3-5-12-4-1-2-6-13(12)14/h1-7,9-10H,8H2,(H,17,18)(H2,16,19,20). The molecule has 2 amide bonds. The molecule has 3 rings (SSSR count). The van der Waals surface area contributed by atoms with Gasteiger partial charge in [0, 0.05) is 23.7 Å². The van der Waals surface area contributed by atoms with Gasteiger partial charge in [-0.2, -0.15) is 5.10 Å². The Labute approximate surface area is 116 Å². The van der Waals surface area contributed by atoms with Crippen molar-refractivity contribution < 1.29 is 4.79 Å². The van der Waals surface area contributed by atoms with Crippen LogP contribution in [0.3, 0.4) is 0 Å². The Morgan fingerprint density at radius 3 is 2.85 bits per heavy atom. The molecule has 2 aromatic carbocycles. The molecular formula is C15H14N4O. The van der Waals surface area contributed by atoms with Crippen molar-refractivity contribution >= 4 is 22.5 Å². The third-order valence-corrected chi connectivity index (χ3v) is 3.05. The first kappa shape index (κ1) is 12.2. The summed E-state index contributed by atoms with van der Waals surface area (Å²) < 4.78 is 0. The number of hydrogen-bond acceptors (Lipinski definition) is 2. The molecular weight excluding hydrogens is 252 g/mol. The number of amides is 2. The summed E-state index contributed by atoms with van der Waals surface area (Å²) in [5.41, 5.74) is 1.73. The summed E-state index contributed by atoms with van der Waals surface area (Å²) in [5, 5.41) is 14.3. The van der Waals surface area contributed by atoms with Crippen LogP contribution in [0.2, 0.25) is 0 Å². The molecule has 0 saturated heterocycles. The van der Waals surface area contributed by atoms with E-state index in [1.54, 1.807) is 12.4 Å². The highest BCUT2D eigenvalue weighted by Crippen LogP contribution is 2.22. The van der Waals surface area contributed by atoms with Crippen LogP contribution in [-0.4, -0.2) is 16.2 Å². The van der Waals surface area contributed by atoms with E-state index >= 15 is 0 Å². The molecule has 0 aliphatic heterocycles. The maximum absolute atomic E-state index is 11.9. The van der Waals surface area contributed by atoms with E-state index in [-0.39, 0.29) is 6.03 Å². The molecule has 0 radical (unpaired) electrons. The normalized spacial score (nSPS) is 10.4. The molecule has 3 N–H and O–H groups in total. The Morgan fingerprint density at radius 1 is 1.15 bits per heavy atom. The number of benzene rings is 2. The molecule has 0 spiro atoms. The topological polar surface area (TPSA) is 69.8 Å². The second kappa shape index (κ2) is 5.44. The minimum atomic E-state index is -0.234. The minimum Gasteiger partial charge on any atom is -0.334 e. The SMILES string of the molecule is O=C(NCc1cn[nH]c1)Nc1cccc2ccccc12. The van der Waals surface area contributed by atoms with E-state index in [9.17, 15) is 4.79 Å². The van der Waals surface area contributed by atoms with Gasteiger partial charge in [-0.1, -0.05) is 36.4 Å². The molecule has 0 bridgehead atoms. The van der Waals surface area contributed by atoms with Crippen molar-refractivity contribution in [2.24, 2.45) is 0 Å². The van der Waals surface area contributed by atoms with Gasteiger partial charge in [0.25, 0.3) is 0 Å². The van der Waals surface area contributed by atoms with Crippen LogP contribution >= 0.6 is 0 Å². The van der Waals surface area contributed by atoms with Gasteiger partial charge in [0.15, 0.2) is 0 Å². The molecule has 0 unspecified atom stereocenters. The second-order valence-electron chi connectivity index (χ2n) is 4.44. The van der Waals surface area contributed by atoms with E-state index in [1.165, 1.54) is 0 Å². The fourth-order valence-electron chi connectivity index (χ4n) is 2.06. The van der Waals surface area contributed by atoms with E-state index in [0.717, 1.165) is 22.0 Å². The molecule has 1 aromatic heterocycles. The summed E-state index contributed by atoms with van der Waals surface area (Å²) >= 11 is 0. The zero-order chi connectivity index (χ0) is 13.8. The maximum atomic E-state index is 11.9. The second-order valence-corrected chi connectivity index (χ2v) is 4.44. The number of H-pyrrole nitrogens is 1. The van der Waals surface area contributed by atoms with Crippen LogP contribution in [0.5, 0.6) is 0 Å². The average Bonchev–Trinajstić information content (AvgIpc) is 2.99. The van der Waals surface area contributed by atoms with E-state index in [1.807, 2.05) is 42.5 Å². The zero-order valence-electron chi connectivity index (χ0n) is 10.8. The van der Waals surface area contributed by atoms with Crippen LogP contribution in [0.1, 0.15) is 5.56 Å². The van der Waals surface area contributed by atoms with Gasteiger partial charge < -0.3 is 10.6 Å². The quantitative estimate of drug-likeness (QED) is 0.682. The van der Waals surface area contributed by atoms with Crippen LogP contribution in [0.25, 0.3) is 10.8 Å². The Morgan fingerprint density at radius 2 is 2.00 bits per heavy atom. The molecule has 1 heterocycles.